The minimum Gasteiger partial charge on any atom is -0.378 e. The molecule has 0 aliphatic carbocycles. The van der Waals surface area contributed by atoms with Gasteiger partial charge >= 0.3 is 0 Å². The number of anilines is 1. The first-order valence-electron chi connectivity index (χ1n) is 8.97. The molecular weight excluding hydrogens is 413 g/mol. The van der Waals surface area contributed by atoms with Gasteiger partial charge in [0.1, 0.15) is 0 Å². The number of halogens is 3. The normalized spacial score (nSPS) is 19.1. The van der Waals surface area contributed by atoms with E-state index in [0.29, 0.717) is 60.1 Å². The van der Waals surface area contributed by atoms with Gasteiger partial charge in [-0.1, -0.05) is 34.8 Å². The van der Waals surface area contributed by atoms with Crippen molar-refractivity contribution in [3.63, 3.8) is 0 Å². The third-order valence-electron chi connectivity index (χ3n) is 4.91. The second kappa shape index (κ2) is 9.43. The molecule has 1 aromatic rings. The maximum Gasteiger partial charge on any atom is 0.238 e. The highest BCUT2D eigenvalue weighted by Gasteiger charge is 2.29. The fourth-order valence-electron chi connectivity index (χ4n) is 3.39. The Balaban J connectivity index is 1.47. The largest absolute Gasteiger partial charge is 0.378 e. The fraction of sp³-hybridized carbons (Fsp3) is 0.556. The molecule has 0 saturated carbocycles. The molecule has 2 aliphatic heterocycles. The topological polar surface area (TPSA) is 61.9 Å². The number of nitrogens with zero attached hydrogens (tertiary/aromatic N) is 2. The quantitative estimate of drug-likeness (QED) is 0.740. The number of ether oxygens (including phenoxy) is 1. The molecule has 148 valence electrons. The van der Waals surface area contributed by atoms with Crippen LogP contribution in [0.2, 0.25) is 15.1 Å². The number of likely N-dealkylation sites (tertiary alicyclic amines) is 1. The van der Waals surface area contributed by atoms with Gasteiger partial charge in [0.2, 0.25) is 11.8 Å². The van der Waals surface area contributed by atoms with E-state index in [1.54, 1.807) is 0 Å². The zero-order chi connectivity index (χ0) is 19.4. The van der Waals surface area contributed by atoms with Crippen LogP contribution in [0, 0.1) is 5.92 Å². The summed E-state index contributed by atoms with van der Waals surface area (Å²) in [6.45, 7) is 4.24. The molecule has 1 aromatic carbocycles. The average molecular weight is 435 g/mol. The molecule has 2 fully saturated rings. The van der Waals surface area contributed by atoms with Crippen LogP contribution in [0.1, 0.15) is 12.8 Å². The van der Waals surface area contributed by atoms with E-state index < -0.39 is 0 Å². The third-order valence-corrected chi connectivity index (χ3v) is 5.95. The molecule has 0 atom stereocenters. The Bertz CT molecular complexity index is 703. The molecule has 2 amide bonds. The molecule has 9 heteroatoms. The van der Waals surface area contributed by atoms with Crippen LogP contribution < -0.4 is 5.32 Å². The van der Waals surface area contributed by atoms with E-state index >= 15 is 0 Å². The van der Waals surface area contributed by atoms with Crippen LogP contribution in [0.5, 0.6) is 0 Å². The van der Waals surface area contributed by atoms with Gasteiger partial charge in [-0.05, 0) is 38.1 Å². The SMILES string of the molecule is O=C(CN1CCC(C(=O)N2CCOCC2)CC1)Nc1cc(Cl)c(Cl)cc1Cl. The Kier molecular flexibility index (Phi) is 7.22. The van der Waals surface area contributed by atoms with Gasteiger partial charge in [-0.2, -0.15) is 0 Å². The Morgan fingerprint density at radius 1 is 1.00 bits per heavy atom. The van der Waals surface area contributed by atoms with E-state index in [-0.39, 0.29) is 24.3 Å². The lowest BCUT2D eigenvalue weighted by molar-refractivity contribution is -0.141. The first-order chi connectivity index (χ1) is 12.9. The van der Waals surface area contributed by atoms with Crippen LogP contribution in [0.4, 0.5) is 5.69 Å². The maximum atomic E-state index is 12.6. The predicted octanol–water partition coefficient (Wildman–Crippen LogP) is 3.16. The van der Waals surface area contributed by atoms with Crippen molar-refractivity contribution < 1.29 is 14.3 Å². The number of piperidine rings is 1. The van der Waals surface area contributed by atoms with E-state index in [1.165, 1.54) is 12.1 Å². The van der Waals surface area contributed by atoms with Gasteiger partial charge in [-0.3, -0.25) is 14.5 Å². The molecule has 0 bridgehead atoms. The monoisotopic (exact) mass is 433 g/mol. The Morgan fingerprint density at radius 2 is 1.63 bits per heavy atom. The molecule has 2 aliphatic rings. The Labute approximate surface area is 173 Å². The van der Waals surface area contributed by atoms with Crippen molar-refractivity contribution in [2.24, 2.45) is 5.92 Å². The molecule has 3 rings (SSSR count). The molecule has 0 unspecified atom stereocenters. The highest BCUT2D eigenvalue weighted by Crippen LogP contribution is 2.32. The van der Waals surface area contributed by atoms with Gasteiger partial charge in [-0.25, -0.2) is 0 Å². The second-order valence-corrected chi connectivity index (χ2v) is 8.00. The van der Waals surface area contributed by atoms with E-state index in [9.17, 15) is 9.59 Å². The van der Waals surface area contributed by atoms with Crippen molar-refractivity contribution in [1.82, 2.24) is 9.80 Å². The lowest BCUT2D eigenvalue weighted by Gasteiger charge is -2.35. The number of hydrogen-bond donors (Lipinski definition) is 1. The molecule has 0 aromatic heterocycles. The third kappa shape index (κ3) is 5.48. The van der Waals surface area contributed by atoms with Gasteiger partial charge in [0, 0.05) is 19.0 Å². The minimum atomic E-state index is -0.173. The summed E-state index contributed by atoms with van der Waals surface area (Å²) in [7, 11) is 0. The molecule has 1 N–H and O–H groups in total. The average Bonchev–Trinajstić information content (AvgIpc) is 2.67. The van der Waals surface area contributed by atoms with E-state index in [0.717, 1.165) is 12.8 Å². The number of carbonyl (C=O) groups is 2. The van der Waals surface area contributed by atoms with Gasteiger partial charge in [0.25, 0.3) is 0 Å². The lowest BCUT2D eigenvalue weighted by Crippen LogP contribution is -2.47. The summed E-state index contributed by atoms with van der Waals surface area (Å²) in [5, 5.41) is 3.78. The first-order valence-corrected chi connectivity index (χ1v) is 10.1. The van der Waals surface area contributed by atoms with E-state index in [1.807, 2.05) is 9.80 Å². The van der Waals surface area contributed by atoms with Crippen LogP contribution in [0.15, 0.2) is 12.1 Å². The lowest BCUT2D eigenvalue weighted by atomic mass is 9.95. The fourth-order valence-corrected chi connectivity index (χ4v) is 3.99. The maximum absolute atomic E-state index is 12.6. The van der Waals surface area contributed by atoms with Gasteiger partial charge in [0.05, 0.1) is 40.5 Å². The molecule has 6 nitrogen and oxygen atoms in total. The van der Waals surface area contributed by atoms with Crippen molar-refractivity contribution in [2.45, 2.75) is 12.8 Å². The van der Waals surface area contributed by atoms with Crippen molar-refractivity contribution in [2.75, 3.05) is 51.3 Å². The van der Waals surface area contributed by atoms with Crippen molar-refractivity contribution in [3.05, 3.63) is 27.2 Å². The van der Waals surface area contributed by atoms with E-state index in [4.69, 9.17) is 39.5 Å². The number of amides is 2. The van der Waals surface area contributed by atoms with Gasteiger partial charge < -0.3 is 15.0 Å². The highest BCUT2D eigenvalue weighted by molar-refractivity contribution is 6.44. The summed E-state index contributed by atoms with van der Waals surface area (Å²) >= 11 is 18.0. The Morgan fingerprint density at radius 3 is 2.30 bits per heavy atom. The zero-order valence-corrected chi connectivity index (χ0v) is 17.1. The summed E-state index contributed by atoms with van der Waals surface area (Å²) in [5.74, 6) is 0.0742. The number of morpholine rings is 1. The summed E-state index contributed by atoms with van der Waals surface area (Å²) in [6.07, 6.45) is 1.52. The van der Waals surface area contributed by atoms with Crippen molar-refractivity contribution in [3.8, 4) is 0 Å². The summed E-state index contributed by atoms with van der Waals surface area (Å²) in [6, 6.07) is 3.04. The number of benzene rings is 1. The molecule has 0 radical (unpaired) electrons. The second-order valence-electron chi connectivity index (χ2n) is 6.78. The van der Waals surface area contributed by atoms with Crippen molar-refractivity contribution in [1.29, 1.82) is 0 Å². The van der Waals surface area contributed by atoms with Gasteiger partial charge in [-0.15, -0.1) is 0 Å². The van der Waals surface area contributed by atoms with Gasteiger partial charge in [0.15, 0.2) is 0 Å². The number of hydrogen-bond acceptors (Lipinski definition) is 4. The summed E-state index contributed by atoms with van der Waals surface area (Å²) in [5.41, 5.74) is 0.438. The summed E-state index contributed by atoms with van der Waals surface area (Å²) in [4.78, 5) is 28.8. The number of rotatable bonds is 4. The van der Waals surface area contributed by atoms with Crippen LogP contribution in [0.3, 0.4) is 0 Å². The number of carbonyl (C=O) groups excluding carboxylic acids is 2. The predicted molar refractivity (Wildman–Crippen MR) is 107 cm³/mol. The molecule has 27 heavy (non-hydrogen) atoms. The highest BCUT2D eigenvalue weighted by atomic mass is 35.5. The summed E-state index contributed by atoms with van der Waals surface area (Å²) < 4.78 is 5.30. The van der Waals surface area contributed by atoms with E-state index in [2.05, 4.69) is 5.32 Å². The molecule has 0 spiro atoms. The number of nitrogens with one attached hydrogen (secondary N) is 1. The Hall–Kier alpha value is -1.05. The van der Waals surface area contributed by atoms with Crippen LogP contribution in [-0.2, 0) is 14.3 Å². The first kappa shape index (κ1) is 20.7. The molecular formula is C18H22Cl3N3O3. The minimum absolute atomic E-state index is 0.0342. The zero-order valence-electron chi connectivity index (χ0n) is 14.8. The van der Waals surface area contributed by atoms with Crippen LogP contribution in [0.25, 0.3) is 0 Å². The van der Waals surface area contributed by atoms with Crippen LogP contribution >= 0.6 is 34.8 Å². The molecule has 2 heterocycles. The van der Waals surface area contributed by atoms with Crippen LogP contribution in [-0.4, -0.2) is 67.6 Å². The smallest absolute Gasteiger partial charge is 0.238 e. The standard InChI is InChI=1S/C18H22Cl3N3O3/c19-13-9-15(21)16(10-14(13)20)22-17(25)11-23-3-1-12(2-4-23)18(26)24-5-7-27-8-6-24/h9-10,12H,1-8,11H2,(H,22,25). The molecule has 2 saturated heterocycles. The van der Waals surface area contributed by atoms with Crippen molar-refractivity contribution >= 4 is 52.3 Å².